The predicted octanol–water partition coefficient (Wildman–Crippen LogP) is 2.11. The molecule has 0 aromatic heterocycles. The summed E-state index contributed by atoms with van der Waals surface area (Å²) in [5.41, 5.74) is 0. The second-order valence-corrected chi connectivity index (χ2v) is 3.05. The molecule has 1 unspecified atom stereocenters. The highest BCUT2D eigenvalue weighted by Crippen LogP contribution is 2.07. The molecule has 0 N–H and O–H groups in total. The molecule has 0 fully saturated rings. The molecule has 0 aliphatic heterocycles. The number of hydrogen-bond acceptors (Lipinski definition) is 2. The van der Waals surface area contributed by atoms with Gasteiger partial charge in [0.25, 0.3) is 0 Å². The summed E-state index contributed by atoms with van der Waals surface area (Å²) in [4.78, 5) is 10.6. The maximum atomic E-state index is 10.6. The van der Waals surface area contributed by atoms with Gasteiger partial charge in [-0.3, -0.25) is 4.79 Å². The fourth-order valence-electron chi connectivity index (χ4n) is 0.309. The van der Waals surface area contributed by atoms with Crippen molar-refractivity contribution in [3.05, 3.63) is 0 Å². The second kappa shape index (κ2) is 5.02. The van der Waals surface area contributed by atoms with Crippen molar-refractivity contribution in [2.24, 2.45) is 0 Å². The summed E-state index contributed by atoms with van der Waals surface area (Å²) in [5.74, 6) is -0.115. The highest BCUT2D eigenvalue weighted by atomic mass is 127. The molecule has 0 amide bonds. The van der Waals surface area contributed by atoms with E-state index in [-0.39, 0.29) is 10.1 Å². The molecule has 0 aliphatic rings. The maximum absolute atomic E-state index is 10.6. The molecular formula is C6H11IO2. The first kappa shape index (κ1) is 9.20. The molecule has 0 spiro atoms. The summed E-state index contributed by atoms with van der Waals surface area (Å²) in [7, 11) is 0. The van der Waals surface area contributed by atoms with Crippen LogP contribution < -0.4 is 0 Å². The molecule has 0 bridgehead atoms. The molecular weight excluding hydrogens is 231 g/mol. The van der Waals surface area contributed by atoms with Crippen molar-refractivity contribution in [2.45, 2.75) is 30.8 Å². The number of esters is 1. The lowest BCUT2D eigenvalue weighted by atomic mass is 10.5. The number of ether oxygens (including phenoxy) is 1. The van der Waals surface area contributed by atoms with Gasteiger partial charge in [0.1, 0.15) is 0 Å². The molecule has 9 heavy (non-hydrogen) atoms. The van der Waals surface area contributed by atoms with Crippen LogP contribution in [0.25, 0.3) is 0 Å². The molecule has 0 saturated carbocycles. The van der Waals surface area contributed by atoms with E-state index < -0.39 is 0 Å². The SMILES string of the molecule is CCC(=O)OC(I)CC. The Balaban J connectivity index is 3.34. The van der Waals surface area contributed by atoms with Crippen LogP contribution in [-0.2, 0) is 9.53 Å². The third kappa shape index (κ3) is 4.69. The zero-order valence-corrected chi connectivity index (χ0v) is 7.84. The normalized spacial score (nSPS) is 12.8. The van der Waals surface area contributed by atoms with E-state index in [1.807, 2.05) is 6.92 Å². The van der Waals surface area contributed by atoms with Gasteiger partial charge in [-0.1, -0.05) is 13.8 Å². The average Bonchev–Trinajstić information content (AvgIpc) is 1.87. The number of carbonyl (C=O) groups excluding carboxylic acids is 1. The highest BCUT2D eigenvalue weighted by molar-refractivity contribution is 14.1. The van der Waals surface area contributed by atoms with E-state index in [9.17, 15) is 4.79 Å². The van der Waals surface area contributed by atoms with E-state index >= 15 is 0 Å². The monoisotopic (exact) mass is 242 g/mol. The Hall–Kier alpha value is 0.200. The molecule has 0 aromatic carbocycles. The van der Waals surface area contributed by atoms with Crippen LogP contribution in [0.4, 0.5) is 0 Å². The summed E-state index contributed by atoms with van der Waals surface area (Å²) in [6.07, 6.45) is 1.35. The van der Waals surface area contributed by atoms with Crippen LogP contribution in [0.2, 0.25) is 0 Å². The number of rotatable bonds is 3. The second-order valence-electron chi connectivity index (χ2n) is 1.66. The van der Waals surface area contributed by atoms with E-state index in [1.54, 1.807) is 6.92 Å². The minimum atomic E-state index is -0.115. The molecule has 1 atom stereocenters. The van der Waals surface area contributed by atoms with Gasteiger partial charge in [-0.2, -0.15) is 0 Å². The van der Waals surface area contributed by atoms with E-state index in [2.05, 4.69) is 22.6 Å². The molecule has 0 saturated heterocycles. The number of carbonyl (C=O) groups is 1. The van der Waals surface area contributed by atoms with Crippen molar-refractivity contribution in [3.8, 4) is 0 Å². The lowest BCUT2D eigenvalue weighted by Gasteiger charge is -2.06. The van der Waals surface area contributed by atoms with Crippen molar-refractivity contribution in [3.63, 3.8) is 0 Å². The fourth-order valence-corrected chi connectivity index (χ4v) is 0.593. The van der Waals surface area contributed by atoms with Crippen LogP contribution >= 0.6 is 22.6 Å². The van der Waals surface area contributed by atoms with Gasteiger partial charge in [0, 0.05) is 6.42 Å². The molecule has 2 nitrogen and oxygen atoms in total. The fraction of sp³-hybridized carbons (Fsp3) is 0.833. The minimum absolute atomic E-state index is 0.0510. The number of hydrogen-bond donors (Lipinski definition) is 0. The van der Waals surface area contributed by atoms with E-state index in [1.165, 1.54) is 0 Å². The first-order valence-corrected chi connectivity index (χ1v) is 4.28. The van der Waals surface area contributed by atoms with Crippen LogP contribution in [0.1, 0.15) is 26.7 Å². The Morgan fingerprint density at radius 1 is 1.67 bits per heavy atom. The first-order valence-electron chi connectivity index (χ1n) is 3.04. The summed E-state index contributed by atoms with van der Waals surface area (Å²) >= 11 is 2.10. The molecule has 0 aromatic rings. The minimum Gasteiger partial charge on any atom is -0.452 e. The van der Waals surface area contributed by atoms with Gasteiger partial charge in [-0.05, 0) is 29.0 Å². The van der Waals surface area contributed by atoms with Crippen LogP contribution in [0.5, 0.6) is 0 Å². The third-order valence-corrected chi connectivity index (χ3v) is 2.00. The molecule has 0 radical (unpaired) electrons. The summed E-state index contributed by atoms with van der Waals surface area (Å²) in [6, 6.07) is 0. The van der Waals surface area contributed by atoms with Crippen LogP contribution in [-0.4, -0.2) is 10.1 Å². The Morgan fingerprint density at radius 3 is 2.56 bits per heavy atom. The Bertz CT molecular complexity index is 93.1. The Labute approximate surface area is 69.1 Å². The quantitative estimate of drug-likeness (QED) is 0.430. The standard InChI is InChI=1S/C6H11IO2/c1-3-5(7)9-6(8)4-2/h5H,3-4H2,1-2H3. The molecule has 3 heteroatoms. The summed E-state index contributed by atoms with van der Waals surface area (Å²) in [5, 5.41) is 0. The summed E-state index contributed by atoms with van der Waals surface area (Å²) < 4.78 is 4.95. The van der Waals surface area contributed by atoms with Gasteiger partial charge in [-0.15, -0.1) is 0 Å². The number of alkyl halides is 1. The van der Waals surface area contributed by atoms with Crippen LogP contribution in [0, 0.1) is 0 Å². The molecule has 0 heterocycles. The third-order valence-electron chi connectivity index (χ3n) is 0.869. The van der Waals surface area contributed by atoms with Crippen molar-refractivity contribution in [1.29, 1.82) is 0 Å². The van der Waals surface area contributed by atoms with Gasteiger partial charge in [0.15, 0.2) is 4.11 Å². The molecule has 54 valence electrons. The average molecular weight is 242 g/mol. The smallest absolute Gasteiger partial charge is 0.306 e. The van der Waals surface area contributed by atoms with Crippen LogP contribution in [0.15, 0.2) is 0 Å². The van der Waals surface area contributed by atoms with Gasteiger partial charge >= 0.3 is 5.97 Å². The topological polar surface area (TPSA) is 26.3 Å². The Kier molecular flexibility index (Phi) is 5.13. The molecule has 0 aliphatic carbocycles. The van der Waals surface area contributed by atoms with Gasteiger partial charge in [-0.25, -0.2) is 0 Å². The van der Waals surface area contributed by atoms with E-state index in [0.717, 1.165) is 6.42 Å². The van der Waals surface area contributed by atoms with Crippen molar-refractivity contribution in [1.82, 2.24) is 0 Å². The molecule has 0 rings (SSSR count). The summed E-state index contributed by atoms with van der Waals surface area (Å²) in [6.45, 7) is 3.78. The lowest BCUT2D eigenvalue weighted by molar-refractivity contribution is -0.144. The lowest BCUT2D eigenvalue weighted by Crippen LogP contribution is -2.09. The van der Waals surface area contributed by atoms with Gasteiger partial charge in [0.2, 0.25) is 0 Å². The van der Waals surface area contributed by atoms with Crippen molar-refractivity contribution >= 4 is 28.6 Å². The van der Waals surface area contributed by atoms with Crippen molar-refractivity contribution in [2.75, 3.05) is 0 Å². The van der Waals surface area contributed by atoms with Crippen molar-refractivity contribution < 1.29 is 9.53 Å². The first-order chi connectivity index (χ1) is 4.20. The highest BCUT2D eigenvalue weighted by Gasteiger charge is 2.04. The maximum Gasteiger partial charge on any atom is 0.306 e. The largest absolute Gasteiger partial charge is 0.452 e. The van der Waals surface area contributed by atoms with Gasteiger partial charge in [0.05, 0.1) is 0 Å². The van der Waals surface area contributed by atoms with Crippen LogP contribution in [0.3, 0.4) is 0 Å². The van der Waals surface area contributed by atoms with E-state index in [0.29, 0.717) is 6.42 Å². The predicted molar refractivity (Wildman–Crippen MR) is 44.5 cm³/mol. The van der Waals surface area contributed by atoms with E-state index in [4.69, 9.17) is 4.74 Å². The number of halogens is 1. The zero-order valence-electron chi connectivity index (χ0n) is 5.69. The Morgan fingerprint density at radius 2 is 2.22 bits per heavy atom. The zero-order chi connectivity index (χ0) is 7.28. The van der Waals surface area contributed by atoms with Gasteiger partial charge < -0.3 is 4.74 Å².